The Morgan fingerprint density at radius 2 is 2.00 bits per heavy atom. The molecule has 2 nitrogen and oxygen atoms in total. The van der Waals surface area contributed by atoms with Crippen molar-refractivity contribution in [2.75, 3.05) is 0 Å². The van der Waals surface area contributed by atoms with E-state index in [0.717, 1.165) is 0 Å². The monoisotopic (exact) mass is 259 g/mol. The lowest BCUT2D eigenvalue weighted by Gasteiger charge is -2.05. The second kappa shape index (κ2) is 5.56. The Morgan fingerprint density at radius 1 is 1.22 bits per heavy atom. The smallest absolute Gasteiger partial charge is 0.129 e. The Labute approximate surface area is 109 Å². The molecule has 18 heavy (non-hydrogen) atoms. The molecule has 0 radical (unpaired) electrons. The molecule has 2 rings (SSSR count). The number of para-hydroxylation sites is 1. The largest absolute Gasteiger partial charge is 0.507 e. The van der Waals surface area contributed by atoms with Crippen LogP contribution < -0.4 is 0 Å². The van der Waals surface area contributed by atoms with Gasteiger partial charge >= 0.3 is 0 Å². The van der Waals surface area contributed by atoms with Crippen molar-refractivity contribution in [1.29, 1.82) is 5.26 Å². The number of rotatable bonds is 3. The number of nitrogens with zero attached hydrogens (tertiary/aromatic N) is 1. The maximum absolute atomic E-state index is 13.6. The lowest BCUT2D eigenvalue weighted by Crippen LogP contribution is -1.89. The van der Waals surface area contributed by atoms with Crippen molar-refractivity contribution in [2.24, 2.45) is 0 Å². The van der Waals surface area contributed by atoms with Crippen LogP contribution in [0.1, 0.15) is 11.1 Å². The molecule has 0 heterocycles. The van der Waals surface area contributed by atoms with Gasteiger partial charge in [0.1, 0.15) is 11.6 Å². The number of benzene rings is 2. The van der Waals surface area contributed by atoms with Crippen LogP contribution in [0.5, 0.6) is 5.75 Å². The minimum Gasteiger partial charge on any atom is -0.507 e. The number of halogens is 1. The summed E-state index contributed by atoms with van der Waals surface area (Å²) in [6.45, 7) is 0. The summed E-state index contributed by atoms with van der Waals surface area (Å²) >= 11 is 1.35. The van der Waals surface area contributed by atoms with E-state index in [1.807, 2.05) is 12.1 Å². The third kappa shape index (κ3) is 2.82. The highest BCUT2D eigenvalue weighted by atomic mass is 32.2. The molecule has 0 amide bonds. The van der Waals surface area contributed by atoms with Gasteiger partial charge in [-0.25, -0.2) is 4.39 Å². The van der Waals surface area contributed by atoms with Crippen LogP contribution in [0.2, 0.25) is 0 Å². The minimum atomic E-state index is -0.392. The van der Waals surface area contributed by atoms with Crippen molar-refractivity contribution in [2.45, 2.75) is 10.6 Å². The number of thioether (sulfide) groups is 1. The van der Waals surface area contributed by atoms with Crippen LogP contribution in [-0.4, -0.2) is 5.11 Å². The summed E-state index contributed by atoms with van der Waals surface area (Å²) in [4.78, 5) is 0.709. The van der Waals surface area contributed by atoms with Crippen LogP contribution in [0.4, 0.5) is 4.39 Å². The molecule has 0 aliphatic heterocycles. The highest BCUT2D eigenvalue weighted by Gasteiger charge is 2.06. The topological polar surface area (TPSA) is 44.0 Å². The first-order valence-corrected chi connectivity index (χ1v) is 6.28. The average molecular weight is 259 g/mol. The van der Waals surface area contributed by atoms with Crippen molar-refractivity contribution in [3.05, 3.63) is 59.4 Å². The zero-order valence-electron chi connectivity index (χ0n) is 9.43. The molecule has 2 aromatic carbocycles. The van der Waals surface area contributed by atoms with Crippen LogP contribution in [0.25, 0.3) is 0 Å². The summed E-state index contributed by atoms with van der Waals surface area (Å²) in [5, 5.41) is 18.2. The lowest BCUT2D eigenvalue weighted by atomic mass is 10.1. The zero-order chi connectivity index (χ0) is 13.0. The summed E-state index contributed by atoms with van der Waals surface area (Å²) in [6.07, 6.45) is 0. The first-order chi connectivity index (χ1) is 8.70. The van der Waals surface area contributed by atoms with Crippen molar-refractivity contribution in [3.8, 4) is 11.8 Å². The van der Waals surface area contributed by atoms with E-state index in [2.05, 4.69) is 0 Å². The quantitative estimate of drug-likeness (QED) is 0.855. The van der Waals surface area contributed by atoms with Gasteiger partial charge in [0.25, 0.3) is 0 Å². The second-order valence-electron chi connectivity index (χ2n) is 3.67. The summed E-state index contributed by atoms with van der Waals surface area (Å²) in [6, 6.07) is 13.2. The fraction of sp³-hybridized carbons (Fsp3) is 0.0714. The van der Waals surface area contributed by atoms with E-state index in [4.69, 9.17) is 5.26 Å². The molecule has 0 spiro atoms. The predicted molar refractivity (Wildman–Crippen MR) is 68.8 cm³/mol. The average Bonchev–Trinajstić information content (AvgIpc) is 2.39. The molecule has 0 fully saturated rings. The molecule has 0 aliphatic rings. The van der Waals surface area contributed by atoms with Crippen LogP contribution in [-0.2, 0) is 5.75 Å². The third-order valence-corrected chi connectivity index (χ3v) is 3.54. The van der Waals surface area contributed by atoms with Gasteiger partial charge in [-0.1, -0.05) is 18.2 Å². The van der Waals surface area contributed by atoms with E-state index in [0.29, 0.717) is 21.8 Å². The Kier molecular flexibility index (Phi) is 3.85. The fourth-order valence-corrected chi connectivity index (χ4v) is 2.40. The minimum absolute atomic E-state index is 0.191. The molecule has 0 saturated carbocycles. The second-order valence-corrected chi connectivity index (χ2v) is 4.69. The number of aromatic hydroxyl groups is 1. The molecule has 0 unspecified atom stereocenters. The SMILES string of the molecule is N#Cc1ccc(CSc2ccccc2O)c(F)c1. The van der Waals surface area contributed by atoms with E-state index >= 15 is 0 Å². The predicted octanol–water partition coefficient (Wildman–Crippen LogP) is 3.70. The van der Waals surface area contributed by atoms with E-state index in [-0.39, 0.29) is 5.75 Å². The standard InChI is InChI=1S/C14H10FNOS/c15-12-7-10(8-16)5-6-11(12)9-18-14-4-2-1-3-13(14)17/h1-7,17H,9H2. The normalized spacial score (nSPS) is 10.0. The molecule has 4 heteroatoms. The highest BCUT2D eigenvalue weighted by Crippen LogP contribution is 2.31. The molecule has 0 atom stereocenters. The molecule has 0 bridgehead atoms. The lowest BCUT2D eigenvalue weighted by molar-refractivity contribution is 0.462. The van der Waals surface area contributed by atoms with Gasteiger partial charge in [-0.3, -0.25) is 0 Å². The van der Waals surface area contributed by atoms with Crippen LogP contribution in [0, 0.1) is 17.1 Å². The molecule has 0 aliphatic carbocycles. The van der Waals surface area contributed by atoms with E-state index in [9.17, 15) is 9.50 Å². The summed E-state index contributed by atoms with van der Waals surface area (Å²) in [5.41, 5.74) is 0.825. The maximum Gasteiger partial charge on any atom is 0.129 e. The van der Waals surface area contributed by atoms with Gasteiger partial charge in [0, 0.05) is 10.6 Å². The first-order valence-electron chi connectivity index (χ1n) is 5.30. The van der Waals surface area contributed by atoms with Crippen molar-refractivity contribution >= 4 is 11.8 Å². The molecule has 90 valence electrons. The number of hydrogen-bond donors (Lipinski definition) is 1. The maximum atomic E-state index is 13.6. The van der Waals surface area contributed by atoms with E-state index in [1.165, 1.54) is 17.8 Å². The van der Waals surface area contributed by atoms with Gasteiger partial charge < -0.3 is 5.11 Å². The van der Waals surface area contributed by atoms with E-state index in [1.54, 1.807) is 30.3 Å². The van der Waals surface area contributed by atoms with Gasteiger partial charge in [-0.05, 0) is 29.8 Å². The first kappa shape index (κ1) is 12.5. The van der Waals surface area contributed by atoms with E-state index < -0.39 is 5.82 Å². The molecular weight excluding hydrogens is 249 g/mol. The van der Waals surface area contributed by atoms with Gasteiger partial charge in [0.15, 0.2) is 0 Å². The van der Waals surface area contributed by atoms with Gasteiger partial charge in [-0.15, -0.1) is 11.8 Å². The third-order valence-electron chi connectivity index (χ3n) is 2.43. The number of hydrogen-bond acceptors (Lipinski definition) is 3. The van der Waals surface area contributed by atoms with Gasteiger partial charge in [0.05, 0.1) is 11.6 Å². The molecule has 0 aromatic heterocycles. The Hall–Kier alpha value is -1.99. The van der Waals surface area contributed by atoms with Crippen LogP contribution >= 0.6 is 11.8 Å². The van der Waals surface area contributed by atoms with Crippen molar-refractivity contribution < 1.29 is 9.50 Å². The zero-order valence-corrected chi connectivity index (χ0v) is 10.2. The molecule has 1 N–H and O–H groups in total. The number of nitriles is 1. The number of phenols is 1. The fourth-order valence-electron chi connectivity index (χ4n) is 1.47. The summed E-state index contributed by atoms with van der Waals surface area (Å²) in [7, 11) is 0. The Morgan fingerprint density at radius 3 is 2.67 bits per heavy atom. The highest BCUT2D eigenvalue weighted by molar-refractivity contribution is 7.98. The summed E-state index contributed by atoms with van der Waals surface area (Å²) in [5.74, 6) is 0.211. The Balaban J connectivity index is 2.12. The number of phenolic OH excluding ortho intramolecular Hbond substituents is 1. The Bertz CT molecular complexity index is 607. The molecule has 2 aromatic rings. The van der Waals surface area contributed by atoms with Crippen LogP contribution in [0.15, 0.2) is 47.4 Å². The van der Waals surface area contributed by atoms with Crippen molar-refractivity contribution in [1.82, 2.24) is 0 Å². The molecular formula is C14H10FNOS. The van der Waals surface area contributed by atoms with Gasteiger partial charge in [-0.2, -0.15) is 5.26 Å². The summed E-state index contributed by atoms with van der Waals surface area (Å²) < 4.78 is 13.6. The van der Waals surface area contributed by atoms with Crippen LogP contribution in [0.3, 0.4) is 0 Å². The van der Waals surface area contributed by atoms with Crippen molar-refractivity contribution in [3.63, 3.8) is 0 Å². The molecule has 0 saturated heterocycles. The van der Waals surface area contributed by atoms with Gasteiger partial charge in [0.2, 0.25) is 0 Å².